The van der Waals surface area contributed by atoms with Gasteiger partial charge in [-0.15, -0.1) is 0 Å². The van der Waals surface area contributed by atoms with Crippen LogP contribution in [0.25, 0.3) is 21.3 Å². The Morgan fingerprint density at radius 1 is 1.12 bits per heavy atom. The Balaban J connectivity index is 1.39. The molecule has 1 aromatic carbocycles. The van der Waals surface area contributed by atoms with Crippen LogP contribution in [-0.2, 0) is 21.7 Å². The fourth-order valence-corrected chi connectivity index (χ4v) is 4.52. The highest BCUT2D eigenvalue weighted by atomic mass is 32.2. The van der Waals surface area contributed by atoms with Crippen LogP contribution < -0.4 is 10.6 Å². The number of carbonyl (C=O) groups excluding carboxylic acids is 1. The van der Waals surface area contributed by atoms with Crippen molar-refractivity contribution in [2.24, 2.45) is 0 Å². The molecule has 0 aliphatic rings. The summed E-state index contributed by atoms with van der Waals surface area (Å²) in [6.45, 7) is 6.30. The number of urea groups is 1. The molecule has 0 atom stereocenters. The number of aromatic nitrogens is 4. The van der Waals surface area contributed by atoms with Gasteiger partial charge >= 0.3 is 6.03 Å². The smallest absolute Gasteiger partial charge is 0.321 e. The molecule has 2 amide bonds. The Morgan fingerprint density at radius 3 is 2.62 bits per heavy atom. The Hall–Kier alpha value is -3.38. The van der Waals surface area contributed by atoms with Gasteiger partial charge in [0.05, 0.1) is 15.1 Å². The van der Waals surface area contributed by atoms with Gasteiger partial charge in [-0.1, -0.05) is 43.3 Å². The molecule has 4 aromatic rings. The van der Waals surface area contributed by atoms with Crippen LogP contribution in [0.15, 0.2) is 46.1 Å². The summed E-state index contributed by atoms with van der Waals surface area (Å²) < 4.78 is 29.7. The Bertz CT molecular complexity index is 1450. The number of thiazole rings is 1. The van der Waals surface area contributed by atoms with E-state index < -0.39 is 9.84 Å². The number of fused-ring (bicyclic) bond motifs is 1. The number of amides is 2. The number of rotatable bonds is 6. The molecule has 3 heterocycles. The van der Waals surface area contributed by atoms with Crippen molar-refractivity contribution in [1.82, 2.24) is 25.4 Å². The summed E-state index contributed by atoms with van der Waals surface area (Å²) in [6, 6.07) is 6.75. The Kier molecular flexibility index (Phi) is 6.36. The molecule has 3 aromatic heterocycles. The van der Waals surface area contributed by atoms with E-state index >= 15 is 0 Å². The molecule has 10 nitrogen and oxygen atoms in total. The first-order valence-corrected chi connectivity index (χ1v) is 13.1. The maximum atomic E-state index is 12.3. The van der Waals surface area contributed by atoms with Crippen LogP contribution in [0.5, 0.6) is 0 Å². The first-order chi connectivity index (χ1) is 16.0. The lowest BCUT2D eigenvalue weighted by Gasteiger charge is -2.10. The van der Waals surface area contributed by atoms with E-state index in [2.05, 4.69) is 30.7 Å². The van der Waals surface area contributed by atoms with Crippen molar-refractivity contribution in [1.29, 1.82) is 0 Å². The highest BCUT2D eigenvalue weighted by Gasteiger charge is 2.21. The van der Waals surface area contributed by atoms with Crippen LogP contribution in [0.2, 0.25) is 0 Å². The van der Waals surface area contributed by atoms with Gasteiger partial charge in [0.1, 0.15) is 0 Å². The zero-order valence-corrected chi connectivity index (χ0v) is 20.7. The molecule has 0 aliphatic carbocycles. The van der Waals surface area contributed by atoms with E-state index in [4.69, 9.17) is 4.52 Å². The van der Waals surface area contributed by atoms with Gasteiger partial charge in [-0.25, -0.2) is 18.2 Å². The minimum atomic E-state index is -3.36. The number of pyridine rings is 1. The van der Waals surface area contributed by atoms with Crippen LogP contribution in [0, 0.1) is 0 Å². The zero-order valence-electron chi connectivity index (χ0n) is 19.1. The monoisotopic (exact) mass is 500 g/mol. The van der Waals surface area contributed by atoms with Gasteiger partial charge in [-0.05, 0) is 23.8 Å². The number of nitrogens with zero attached hydrogens (tertiary/aromatic N) is 4. The molecule has 178 valence electrons. The lowest BCUT2D eigenvalue weighted by atomic mass is 9.97. The van der Waals surface area contributed by atoms with E-state index in [1.54, 1.807) is 12.3 Å². The fraction of sp³-hybridized carbons (Fsp3) is 0.318. The predicted octanol–water partition coefficient (Wildman–Crippen LogP) is 3.81. The first kappa shape index (κ1) is 23.8. The molecule has 34 heavy (non-hydrogen) atoms. The van der Waals surface area contributed by atoms with E-state index in [0.29, 0.717) is 35.4 Å². The summed E-state index contributed by atoms with van der Waals surface area (Å²) in [6.07, 6.45) is 4.52. The van der Waals surface area contributed by atoms with Gasteiger partial charge in [0.2, 0.25) is 5.89 Å². The van der Waals surface area contributed by atoms with Crippen LogP contribution in [-0.4, -0.2) is 47.4 Å². The molecule has 0 unspecified atom stereocenters. The Labute approximate surface area is 200 Å². The lowest BCUT2D eigenvalue weighted by Crippen LogP contribution is -2.30. The second-order valence-corrected chi connectivity index (χ2v) is 11.8. The van der Waals surface area contributed by atoms with Crippen LogP contribution >= 0.6 is 11.3 Å². The summed E-state index contributed by atoms with van der Waals surface area (Å²) in [5.74, 6) is 1.09. The number of nitrogens with one attached hydrogen (secondary N) is 2. The Morgan fingerprint density at radius 2 is 1.91 bits per heavy atom. The fourth-order valence-electron chi connectivity index (χ4n) is 3.03. The van der Waals surface area contributed by atoms with Crippen molar-refractivity contribution in [2.45, 2.75) is 37.5 Å². The van der Waals surface area contributed by atoms with E-state index in [9.17, 15) is 13.2 Å². The van der Waals surface area contributed by atoms with Gasteiger partial charge in [-0.2, -0.15) is 4.98 Å². The maximum Gasteiger partial charge on any atom is 0.321 e. The summed E-state index contributed by atoms with van der Waals surface area (Å²) in [7, 11) is -3.36. The summed E-state index contributed by atoms with van der Waals surface area (Å²) in [4.78, 5) is 25.3. The molecular formula is C22H24N6O4S2. The first-order valence-electron chi connectivity index (χ1n) is 10.4. The molecule has 0 spiro atoms. The average Bonchev–Trinajstić information content (AvgIpc) is 3.39. The van der Waals surface area contributed by atoms with Gasteiger partial charge < -0.3 is 9.84 Å². The number of benzene rings is 1. The average molecular weight is 501 g/mol. The second kappa shape index (κ2) is 9.11. The highest BCUT2D eigenvalue weighted by molar-refractivity contribution is 7.90. The maximum absolute atomic E-state index is 12.3. The van der Waals surface area contributed by atoms with Crippen molar-refractivity contribution in [3.05, 3.63) is 48.4 Å². The molecule has 0 saturated heterocycles. The van der Waals surface area contributed by atoms with Crippen LogP contribution in [0.3, 0.4) is 0 Å². The molecule has 2 N–H and O–H groups in total. The third kappa shape index (κ3) is 5.57. The second-order valence-electron chi connectivity index (χ2n) is 8.78. The van der Waals surface area contributed by atoms with Crippen molar-refractivity contribution in [2.75, 3.05) is 18.1 Å². The van der Waals surface area contributed by atoms with E-state index in [-0.39, 0.29) is 16.3 Å². The molecule has 0 aliphatic heterocycles. The van der Waals surface area contributed by atoms with E-state index in [1.807, 2.05) is 39.0 Å². The normalized spacial score (nSPS) is 12.1. The largest absolute Gasteiger partial charge is 0.339 e. The van der Waals surface area contributed by atoms with Gasteiger partial charge in [0.25, 0.3) is 0 Å². The minimum absolute atomic E-state index is 0.156. The third-order valence-electron chi connectivity index (χ3n) is 4.83. The lowest BCUT2D eigenvalue weighted by molar-refractivity contribution is 0.252. The van der Waals surface area contributed by atoms with Gasteiger partial charge in [0, 0.05) is 42.6 Å². The van der Waals surface area contributed by atoms with Gasteiger partial charge in [-0.3, -0.25) is 10.3 Å². The molecule has 0 radical (unpaired) electrons. The van der Waals surface area contributed by atoms with Crippen LogP contribution in [0.1, 0.15) is 32.5 Å². The van der Waals surface area contributed by atoms with Crippen molar-refractivity contribution >= 4 is 42.6 Å². The number of anilines is 1. The number of hydrogen-bond acceptors (Lipinski definition) is 9. The molecule has 4 rings (SSSR count). The minimum Gasteiger partial charge on any atom is -0.339 e. The number of hydrogen-bond donors (Lipinski definition) is 2. The van der Waals surface area contributed by atoms with Crippen molar-refractivity contribution < 1.29 is 17.7 Å². The third-order valence-corrected chi connectivity index (χ3v) is 6.84. The molecule has 0 fully saturated rings. The van der Waals surface area contributed by atoms with E-state index in [0.717, 1.165) is 22.0 Å². The van der Waals surface area contributed by atoms with Gasteiger partial charge in [0.15, 0.2) is 20.8 Å². The molecular weight excluding hydrogens is 476 g/mol. The zero-order chi connectivity index (χ0) is 24.5. The SMILES string of the molecule is CC(C)(C)c1nc(CCNC(=O)Nc2nc3ccc(-c4cncc(S(C)(=O)=O)c4)cc3s2)no1. The summed E-state index contributed by atoms with van der Waals surface area (Å²) in [5.41, 5.74) is 1.98. The summed E-state index contributed by atoms with van der Waals surface area (Å²) in [5, 5.41) is 9.88. The van der Waals surface area contributed by atoms with E-state index in [1.165, 1.54) is 17.5 Å². The van der Waals surface area contributed by atoms with Crippen molar-refractivity contribution in [3.63, 3.8) is 0 Å². The quantitative estimate of drug-likeness (QED) is 0.407. The molecule has 0 bridgehead atoms. The molecule has 12 heteroatoms. The standard InChI is InChI=1S/C22H24N6O4S2/c1-22(2,3)19-26-18(28-32-19)7-8-24-20(29)27-21-25-16-6-5-13(10-17(16)33-21)14-9-15(12-23-11-14)34(4,30)31/h5-6,9-12H,7-8H2,1-4H3,(H2,24,25,27,29). The predicted molar refractivity (Wildman–Crippen MR) is 130 cm³/mol. The highest BCUT2D eigenvalue weighted by Crippen LogP contribution is 2.31. The number of sulfone groups is 1. The topological polar surface area (TPSA) is 140 Å². The molecule has 0 saturated carbocycles. The number of carbonyl (C=O) groups is 1. The van der Waals surface area contributed by atoms with Crippen LogP contribution in [0.4, 0.5) is 9.93 Å². The van der Waals surface area contributed by atoms with Crippen molar-refractivity contribution in [3.8, 4) is 11.1 Å². The summed E-state index contributed by atoms with van der Waals surface area (Å²) >= 11 is 1.32.